The summed E-state index contributed by atoms with van der Waals surface area (Å²) in [6.45, 7) is 5.83. The number of fused-ring (bicyclic) bond motifs is 1. The van der Waals surface area contributed by atoms with E-state index in [0.717, 1.165) is 37.5 Å². The Morgan fingerprint density at radius 2 is 1.94 bits per heavy atom. The number of rotatable bonds is 2. The first-order chi connectivity index (χ1) is 8.42. The summed E-state index contributed by atoms with van der Waals surface area (Å²) in [4.78, 5) is 25.3. The van der Waals surface area contributed by atoms with E-state index in [-0.39, 0.29) is 11.4 Å². The summed E-state index contributed by atoms with van der Waals surface area (Å²) in [5, 5.41) is 2.93. The molecule has 0 saturated heterocycles. The second-order valence-corrected chi connectivity index (χ2v) is 6.88. The molecule has 1 aromatic heterocycles. The number of thiophene rings is 1. The highest BCUT2D eigenvalue weighted by molar-refractivity contribution is 7.14. The number of hydrogen-bond donors (Lipinski definition) is 1. The summed E-state index contributed by atoms with van der Waals surface area (Å²) in [6, 6.07) is 0. The molecule has 0 aliphatic heterocycles. The van der Waals surface area contributed by atoms with Crippen molar-refractivity contribution in [3.8, 4) is 0 Å². The molecule has 1 N–H and O–H groups in total. The lowest BCUT2D eigenvalue weighted by Gasteiger charge is -2.20. The number of aryl methyl sites for hydroxylation is 1. The van der Waals surface area contributed by atoms with Gasteiger partial charge in [0.2, 0.25) is 0 Å². The maximum atomic E-state index is 12.2. The Morgan fingerprint density at radius 3 is 2.56 bits per heavy atom. The molecule has 2 rings (SSSR count). The molecule has 18 heavy (non-hydrogen) atoms. The summed E-state index contributed by atoms with van der Waals surface area (Å²) in [5.41, 5.74) is 1.46. The minimum Gasteiger partial charge on any atom is -0.347 e. The number of amides is 1. The van der Waals surface area contributed by atoms with Crippen molar-refractivity contribution in [2.75, 3.05) is 0 Å². The second kappa shape index (κ2) is 4.84. The highest BCUT2D eigenvalue weighted by Crippen LogP contribution is 2.33. The molecule has 0 spiro atoms. The normalized spacial score (nSPS) is 15.1. The fourth-order valence-electron chi connectivity index (χ4n) is 2.28. The molecule has 1 aliphatic carbocycles. The van der Waals surface area contributed by atoms with Crippen LogP contribution in [-0.4, -0.2) is 17.7 Å². The van der Waals surface area contributed by atoms with Crippen LogP contribution in [0, 0.1) is 0 Å². The highest BCUT2D eigenvalue weighted by Gasteiger charge is 2.25. The van der Waals surface area contributed by atoms with Gasteiger partial charge >= 0.3 is 0 Å². The van der Waals surface area contributed by atoms with Crippen LogP contribution in [0.15, 0.2) is 0 Å². The fourth-order valence-corrected chi connectivity index (χ4v) is 3.53. The Morgan fingerprint density at radius 1 is 1.28 bits per heavy atom. The summed E-state index contributed by atoms with van der Waals surface area (Å²) in [5.74, 6) is -0.121. The van der Waals surface area contributed by atoms with Gasteiger partial charge < -0.3 is 5.32 Å². The Bertz CT molecular complexity index is 483. The van der Waals surface area contributed by atoms with Crippen molar-refractivity contribution in [3.05, 3.63) is 20.9 Å². The zero-order valence-electron chi connectivity index (χ0n) is 11.1. The molecular weight excluding hydrogens is 246 g/mol. The van der Waals surface area contributed by atoms with Crippen LogP contribution in [0.2, 0.25) is 0 Å². The molecule has 1 heterocycles. The van der Waals surface area contributed by atoms with Crippen LogP contribution in [0.25, 0.3) is 0 Å². The number of carbonyl (C=O) groups excluding carboxylic acids is 2. The molecular formula is C14H19NO2S. The van der Waals surface area contributed by atoms with Gasteiger partial charge in [-0.05, 0) is 52.0 Å². The fraction of sp³-hybridized carbons (Fsp3) is 0.571. The summed E-state index contributed by atoms with van der Waals surface area (Å²) in [6.07, 6.45) is 5.06. The number of carbonyl (C=O) groups is 2. The molecule has 0 bridgehead atoms. The monoisotopic (exact) mass is 265 g/mol. The van der Waals surface area contributed by atoms with Gasteiger partial charge in [0.05, 0.1) is 0 Å². The summed E-state index contributed by atoms with van der Waals surface area (Å²) >= 11 is 1.49. The van der Waals surface area contributed by atoms with Crippen molar-refractivity contribution >= 4 is 23.5 Å². The molecule has 0 saturated carbocycles. The van der Waals surface area contributed by atoms with Gasteiger partial charge in [0.25, 0.3) is 5.91 Å². The predicted molar refractivity (Wildman–Crippen MR) is 73.6 cm³/mol. The van der Waals surface area contributed by atoms with Crippen LogP contribution >= 0.6 is 11.3 Å². The van der Waals surface area contributed by atoms with Crippen LogP contribution in [0.4, 0.5) is 0 Å². The van der Waals surface area contributed by atoms with Crippen molar-refractivity contribution < 1.29 is 9.59 Å². The molecule has 0 unspecified atom stereocenters. The van der Waals surface area contributed by atoms with Crippen LogP contribution in [-0.2, 0) is 12.8 Å². The van der Waals surface area contributed by atoms with E-state index in [1.807, 2.05) is 20.8 Å². The maximum Gasteiger partial charge on any atom is 0.262 e. The lowest BCUT2D eigenvalue weighted by molar-refractivity contribution is 0.0919. The molecule has 1 aromatic rings. The number of nitrogens with one attached hydrogen (secondary N) is 1. The zero-order valence-corrected chi connectivity index (χ0v) is 11.9. The van der Waals surface area contributed by atoms with Gasteiger partial charge in [0.15, 0.2) is 6.29 Å². The van der Waals surface area contributed by atoms with Crippen molar-refractivity contribution in [2.24, 2.45) is 0 Å². The largest absolute Gasteiger partial charge is 0.347 e. The molecule has 1 amide bonds. The van der Waals surface area contributed by atoms with Gasteiger partial charge in [-0.1, -0.05) is 0 Å². The average molecular weight is 265 g/mol. The van der Waals surface area contributed by atoms with E-state index in [9.17, 15) is 9.59 Å². The smallest absolute Gasteiger partial charge is 0.262 e. The van der Waals surface area contributed by atoms with E-state index in [1.54, 1.807) is 0 Å². The van der Waals surface area contributed by atoms with Crippen LogP contribution in [0.5, 0.6) is 0 Å². The van der Waals surface area contributed by atoms with E-state index in [1.165, 1.54) is 16.2 Å². The van der Waals surface area contributed by atoms with E-state index in [2.05, 4.69) is 5.32 Å². The van der Waals surface area contributed by atoms with E-state index in [0.29, 0.717) is 10.4 Å². The van der Waals surface area contributed by atoms with Gasteiger partial charge in [0.1, 0.15) is 4.88 Å². The lowest BCUT2D eigenvalue weighted by Crippen LogP contribution is -2.40. The molecule has 4 heteroatoms. The second-order valence-electron chi connectivity index (χ2n) is 5.78. The molecule has 98 valence electrons. The van der Waals surface area contributed by atoms with E-state index >= 15 is 0 Å². The third-order valence-electron chi connectivity index (χ3n) is 3.02. The van der Waals surface area contributed by atoms with Crippen LogP contribution < -0.4 is 5.32 Å². The Labute approximate surface area is 112 Å². The molecule has 0 fully saturated rings. The maximum absolute atomic E-state index is 12.2. The Hall–Kier alpha value is -1.16. The van der Waals surface area contributed by atoms with E-state index < -0.39 is 0 Å². The van der Waals surface area contributed by atoms with Crippen molar-refractivity contribution in [3.63, 3.8) is 0 Å². The van der Waals surface area contributed by atoms with E-state index in [4.69, 9.17) is 0 Å². The van der Waals surface area contributed by atoms with Crippen molar-refractivity contribution in [2.45, 2.75) is 52.0 Å². The number of aldehydes is 1. The third kappa shape index (κ3) is 2.64. The average Bonchev–Trinajstić information content (AvgIpc) is 2.65. The predicted octanol–water partition coefficient (Wildman–Crippen LogP) is 2.97. The van der Waals surface area contributed by atoms with Gasteiger partial charge in [-0.25, -0.2) is 0 Å². The lowest BCUT2D eigenvalue weighted by atomic mass is 9.95. The van der Waals surface area contributed by atoms with Gasteiger partial charge in [-0.2, -0.15) is 0 Å². The first-order valence-electron chi connectivity index (χ1n) is 6.34. The van der Waals surface area contributed by atoms with Crippen LogP contribution in [0.3, 0.4) is 0 Å². The zero-order chi connectivity index (χ0) is 13.3. The van der Waals surface area contributed by atoms with Crippen molar-refractivity contribution in [1.29, 1.82) is 0 Å². The molecule has 0 radical (unpaired) electrons. The molecule has 1 aliphatic rings. The quantitative estimate of drug-likeness (QED) is 0.836. The molecule has 3 nitrogen and oxygen atoms in total. The number of hydrogen-bond acceptors (Lipinski definition) is 3. The van der Waals surface area contributed by atoms with Gasteiger partial charge in [0, 0.05) is 16.0 Å². The molecule has 0 aromatic carbocycles. The summed E-state index contributed by atoms with van der Waals surface area (Å²) < 4.78 is 0. The summed E-state index contributed by atoms with van der Waals surface area (Å²) in [7, 11) is 0. The van der Waals surface area contributed by atoms with Crippen molar-refractivity contribution in [1.82, 2.24) is 5.32 Å². The minimum absolute atomic E-state index is 0.121. The Kier molecular flexibility index (Phi) is 3.57. The topological polar surface area (TPSA) is 46.2 Å². The standard InChI is InChI=1S/C14H19NO2S/c1-14(2,3)15-13(17)12-10(8-16)9-6-4-5-7-11(9)18-12/h8H,4-7H2,1-3H3,(H,15,17). The van der Waals surface area contributed by atoms with Gasteiger partial charge in [-0.3, -0.25) is 9.59 Å². The van der Waals surface area contributed by atoms with Gasteiger partial charge in [-0.15, -0.1) is 11.3 Å². The first-order valence-corrected chi connectivity index (χ1v) is 7.16. The highest BCUT2D eigenvalue weighted by atomic mass is 32.1. The van der Waals surface area contributed by atoms with Crippen LogP contribution in [0.1, 0.15) is 64.1 Å². The first kappa shape index (κ1) is 13.3. The third-order valence-corrected chi connectivity index (χ3v) is 4.33. The molecule has 0 atom stereocenters. The SMILES string of the molecule is CC(C)(C)NC(=O)c1sc2c(c1C=O)CCCC2. The minimum atomic E-state index is -0.276. The Balaban J connectivity index is 2.36.